The maximum absolute atomic E-state index is 12.2. The fourth-order valence-electron chi connectivity index (χ4n) is 2.17. The zero-order valence-corrected chi connectivity index (χ0v) is 14.0. The van der Waals surface area contributed by atoms with Crippen LogP contribution < -0.4 is 16.6 Å². The first kappa shape index (κ1) is 17.6. The largest absolute Gasteiger partial charge is 0.372 e. The average Bonchev–Trinajstić information content (AvgIpc) is 2.86. The second-order valence-electron chi connectivity index (χ2n) is 5.54. The van der Waals surface area contributed by atoms with Gasteiger partial charge in [0.2, 0.25) is 5.95 Å². The minimum Gasteiger partial charge on any atom is -0.372 e. The van der Waals surface area contributed by atoms with Crippen LogP contribution >= 0.6 is 0 Å². The second kappa shape index (κ2) is 7.66. The van der Waals surface area contributed by atoms with Crippen LogP contribution in [0.1, 0.15) is 38.8 Å². The lowest BCUT2D eigenvalue weighted by atomic mass is 10.2. The number of nitrogens with zero attached hydrogens (tertiary/aromatic N) is 2. The van der Waals surface area contributed by atoms with E-state index < -0.39 is 0 Å². The summed E-state index contributed by atoms with van der Waals surface area (Å²) >= 11 is 0. The number of aromatic amines is 1. The lowest BCUT2D eigenvalue weighted by Crippen LogP contribution is -2.23. The molecular formula is C16H21N5O3. The SMILES string of the molecule is CCCOCC(=O)NC#Cc1cn(C(C)C)c2nc(N)[nH]c(=O)c12. The van der Waals surface area contributed by atoms with Crippen LogP contribution in [0.2, 0.25) is 0 Å². The molecule has 0 unspecified atom stereocenters. The molecule has 1 amide bonds. The summed E-state index contributed by atoms with van der Waals surface area (Å²) in [6.07, 6.45) is 2.57. The molecule has 0 radical (unpaired) electrons. The van der Waals surface area contributed by atoms with Gasteiger partial charge in [0.05, 0.1) is 10.9 Å². The van der Waals surface area contributed by atoms with Gasteiger partial charge in [0.25, 0.3) is 11.5 Å². The highest BCUT2D eigenvalue weighted by Gasteiger charge is 2.14. The topological polar surface area (TPSA) is 115 Å². The van der Waals surface area contributed by atoms with Gasteiger partial charge in [-0.3, -0.25) is 19.9 Å². The molecule has 128 valence electrons. The molecular weight excluding hydrogens is 310 g/mol. The molecule has 4 N–H and O–H groups in total. The van der Waals surface area contributed by atoms with E-state index in [1.165, 1.54) is 0 Å². The molecule has 0 saturated heterocycles. The molecule has 2 aromatic heterocycles. The van der Waals surface area contributed by atoms with E-state index in [9.17, 15) is 9.59 Å². The van der Waals surface area contributed by atoms with Crippen LogP contribution in [0.3, 0.4) is 0 Å². The van der Waals surface area contributed by atoms with E-state index in [2.05, 4.69) is 27.2 Å². The zero-order chi connectivity index (χ0) is 17.7. The molecule has 0 aliphatic heterocycles. The van der Waals surface area contributed by atoms with Crippen LogP contribution in [0.5, 0.6) is 0 Å². The Hall–Kier alpha value is -2.79. The summed E-state index contributed by atoms with van der Waals surface area (Å²) in [6.45, 7) is 6.35. The van der Waals surface area contributed by atoms with Crippen molar-refractivity contribution in [1.82, 2.24) is 19.9 Å². The van der Waals surface area contributed by atoms with Crippen molar-refractivity contribution in [1.29, 1.82) is 0 Å². The predicted molar refractivity (Wildman–Crippen MR) is 91.3 cm³/mol. The van der Waals surface area contributed by atoms with Crippen LogP contribution in [0.4, 0.5) is 5.95 Å². The third kappa shape index (κ3) is 3.94. The highest BCUT2D eigenvalue weighted by atomic mass is 16.5. The standard InChI is InChI=1S/C16H21N5O3/c1-4-7-24-9-12(22)18-6-5-11-8-21(10(2)3)14-13(11)15(23)20-16(17)19-14/h8,10H,4,7,9H2,1-3H3,(H,18,22)(H3,17,19,20,23). The number of anilines is 1. The van der Waals surface area contributed by atoms with Crippen LogP contribution in [0.15, 0.2) is 11.0 Å². The number of carbonyl (C=O) groups excluding carboxylic acids is 1. The number of H-pyrrole nitrogens is 1. The van der Waals surface area contributed by atoms with Gasteiger partial charge in [0, 0.05) is 24.9 Å². The number of nitrogens with one attached hydrogen (secondary N) is 2. The summed E-state index contributed by atoms with van der Waals surface area (Å²) < 4.78 is 6.94. The first-order valence-corrected chi connectivity index (χ1v) is 7.72. The molecule has 2 aromatic rings. The van der Waals surface area contributed by atoms with E-state index in [1.54, 1.807) is 6.20 Å². The summed E-state index contributed by atoms with van der Waals surface area (Å²) in [5.41, 5.74) is 6.19. The molecule has 0 spiro atoms. The van der Waals surface area contributed by atoms with Crippen molar-refractivity contribution >= 4 is 22.9 Å². The summed E-state index contributed by atoms with van der Waals surface area (Å²) in [4.78, 5) is 30.4. The highest BCUT2D eigenvalue weighted by molar-refractivity contribution is 5.84. The van der Waals surface area contributed by atoms with Gasteiger partial charge < -0.3 is 15.0 Å². The van der Waals surface area contributed by atoms with Crippen molar-refractivity contribution in [2.75, 3.05) is 18.9 Å². The fraction of sp³-hybridized carbons (Fsp3) is 0.438. The molecule has 8 heteroatoms. The molecule has 0 aliphatic rings. The summed E-state index contributed by atoms with van der Waals surface area (Å²) in [7, 11) is 0. The molecule has 0 aromatic carbocycles. The lowest BCUT2D eigenvalue weighted by Gasteiger charge is -2.07. The normalized spacial score (nSPS) is 10.7. The van der Waals surface area contributed by atoms with E-state index in [1.807, 2.05) is 25.3 Å². The van der Waals surface area contributed by atoms with Crippen molar-refractivity contribution in [2.45, 2.75) is 33.2 Å². The molecule has 24 heavy (non-hydrogen) atoms. The predicted octanol–water partition coefficient (Wildman–Crippen LogP) is 0.739. The van der Waals surface area contributed by atoms with E-state index in [0.29, 0.717) is 23.2 Å². The number of aromatic nitrogens is 3. The minimum atomic E-state index is -0.362. The number of nitrogen functional groups attached to an aromatic ring is 1. The Labute approximate surface area is 139 Å². The molecule has 2 heterocycles. The van der Waals surface area contributed by atoms with Crippen LogP contribution in [0, 0.1) is 12.0 Å². The molecule has 0 atom stereocenters. The van der Waals surface area contributed by atoms with Crippen molar-refractivity contribution in [3.8, 4) is 12.0 Å². The average molecular weight is 331 g/mol. The van der Waals surface area contributed by atoms with Gasteiger partial charge in [0.1, 0.15) is 6.61 Å². The number of hydrogen-bond acceptors (Lipinski definition) is 5. The number of ether oxygens (including phenoxy) is 1. The van der Waals surface area contributed by atoms with Crippen molar-refractivity contribution in [3.05, 3.63) is 22.1 Å². The van der Waals surface area contributed by atoms with Gasteiger partial charge in [-0.15, -0.1) is 0 Å². The van der Waals surface area contributed by atoms with E-state index in [-0.39, 0.29) is 30.1 Å². The number of amides is 1. The Bertz CT molecular complexity index is 854. The summed E-state index contributed by atoms with van der Waals surface area (Å²) in [6, 6.07) is 2.64. The Kier molecular flexibility index (Phi) is 5.60. The number of fused-ring (bicyclic) bond motifs is 1. The van der Waals surface area contributed by atoms with Gasteiger partial charge in [-0.2, -0.15) is 4.98 Å². The van der Waals surface area contributed by atoms with E-state index >= 15 is 0 Å². The van der Waals surface area contributed by atoms with Gasteiger partial charge >= 0.3 is 0 Å². The molecule has 0 saturated carbocycles. The van der Waals surface area contributed by atoms with Crippen molar-refractivity contribution < 1.29 is 9.53 Å². The lowest BCUT2D eigenvalue weighted by molar-refractivity contribution is -0.124. The Morgan fingerprint density at radius 3 is 2.96 bits per heavy atom. The Morgan fingerprint density at radius 1 is 1.54 bits per heavy atom. The van der Waals surface area contributed by atoms with Crippen LogP contribution in [0.25, 0.3) is 11.0 Å². The number of rotatable bonds is 5. The van der Waals surface area contributed by atoms with Crippen LogP contribution in [-0.4, -0.2) is 33.7 Å². The van der Waals surface area contributed by atoms with Gasteiger partial charge in [-0.05, 0) is 26.2 Å². The molecule has 2 rings (SSSR count). The first-order chi connectivity index (χ1) is 11.4. The number of hydrogen-bond donors (Lipinski definition) is 3. The Balaban J connectivity index is 2.29. The highest BCUT2D eigenvalue weighted by Crippen LogP contribution is 2.19. The molecule has 0 bridgehead atoms. The number of nitrogens with two attached hydrogens (primary N) is 1. The molecule has 8 nitrogen and oxygen atoms in total. The maximum atomic E-state index is 12.2. The monoisotopic (exact) mass is 331 g/mol. The van der Waals surface area contributed by atoms with E-state index in [0.717, 1.165) is 6.42 Å². The molecule has 0 aliphatic carbocycles. The Morgan fingerprint density at radius 2 is 2.29 bits per heavy atom. The fourth-order valence-corrected chi connectivity index (χ4v) is 2.17. The second-order valence-corrected chi connectivity index (χ2v) is 5.54. The minimum absolute atomic E-state index is 0.0467. The third-order valence-corrected chi connectivity index (χ3v) is 3.24. The molecule has 0 fully saturated rings. The third-order valence-electron chi connectivity index (χ3n) is 3.24. The first-order valence-electron chi connectivity index (χ1n) is 7.72. The van der Waals surface area contributed by atoms with Crippen molar-refractivity contribution in [2.24, 2.45) is 0 Å². The zero-order valence-electron chi connectivity index (χ0n) is 14.0. The summed E-state index contributed by atoms with van der Waals surface area (Å²) in [5, 5.41) is 2.78. The smallest absolute Gasteiger partial charge is 0.263 e. The van der Waals surface area contributed by atoms with Gasteiger partial charge in [-0.25, -0.2) is 0 Å². The van der Waals surface area contributed by atoms with Crippen LogP contribution in [-0.2, 0) is 9.53 Å². The van der Waals surface area contributed by atoms with Gasteiger partial charge in [0.15, 0.2) is 5.65 Å². The maximum Gasteiger partial charge on any atom is 0.263 e. The van der Waals surface area contributed by atoms with Crippen molar-refractivity contribution in [3.63, 3.8) is 0 Å². The van der Waals surface area contributed by atoms with Gasteiger partial charge in [-0.1, -0.05) is 6.92 Å². The summed E-state index contributed by atoms with van der Waals surface area (Å²) in [5.74, 6) is 2.50. The van der Waals surface area contributed by atoms with E-state index in [4.69, 9.17) is 10.5 Å². The quantitative estimate of drug-likeness (QED) is 0.425. The number of carbonyl (C=O) groups is 1.